The Morgan fingerprint density at radius 3 is 2.59 bits per heavy atom. The number of nitrogens with one attached hydrogen (secondary N) is 2. The third-order valence-corrected chi connectivity index (χ3v) is 8.37. The van der Waals surface area contributed by atoms with Gasteiger partial charge < -0.3 is 34.8 Å². The average molecular weight is 508 g/mol. The van der Waals surface area contributed by atoms with Gasteiger partial charge in [0.1, 0.15) is 0 Å². The number of rotatable bonds is 9. The molecule has 1 fully saturated rings. The zero-order chi connectivity index (χ0) is 24.3. The predicted molar refractivity (Wildman–Crippen MR) is 125 cm³/mol. The van der Waals surface area contributed by atoms with E-state index in [2.05, 4.69) is 25.6 Å². The van der Waals surface area contributed by atoms with Gasteiger partial charge in [-0.3, -0.25) is 9.13 Å². The van der Waals surface area contributed by atoms with E-state index < -0.39 is 21.1 Å². The van der Waals surface area contributed by atoms with E-state index in [1.165, 1.54) is 24.3 Å². The molecule has 0 bridgehead atoms. The van der Waals surface area contributed by atoms with Gasteiger partial charge in [0.2, 0.25) is 8.46 Å². The fourth-order valence-corrected chi connectivity index (χ4v) is 4.90. The van der Waals surface area contributed by atoms with E-state index in [-0.39, 0.29) is 11.6 Å². The van der Waals surface area contributed by atoms with Crippen molar-refractivity contribution in [1.29, 1.82) is 0 Å². The molecule has 0 amide bonds. The van der Waals surface area contributed by atoms with E-state index in [0.717, 1.165) is 25.9 Å². The lowest BCUT2D eigenvalue weighted by Gasteiger charge is -2.22. The van der Waals surface area contributed by atoms with Gasteiger partial charge in [-0.15, -0.1) is 0 Å². The van der Waals surface area contributed by atoms with Crippen molar-refractivity contribution in [1.82, 2.24) is 24.8 Å². The number of hydrogen-bond donors (Lipinski definition) is 5. The second-order valence-corrected chi connectivity index (χ2v) is 11.0. The Morgan fingerprint density at radius 1 is 1.26 bits per heavy atom. The van der Waals surface area contributed by atoms with Crippen LogP contribution < -0.4 is 15.4 Å². The summed E-state index contributed by atoms with van der Waals surface area (Å²) in [4.78, 5) is 32.2. The van der Waals surface area contributed by atoms with Crippen LogP contribution in [0.4, 0.5) is 11.5 Å². The molecule has 3 heterocycles. The van der Waals surface area contributed by atoms with E-state index in [0.29, 0.717) is 41.7 Å². The molecule has 1 saturated heterocycles. The third-order valence-electron chi connectivity index (χ3n) is 5.76. The van der Waals surface area contributed by atoms with Crippen molar-refractivity contribution in [3.05, 3.63) is 36.2 Å². The number of aromatic nitrogens is 4. The minimum absolute atomic E-state index is 0.183. The lowest BCUT2D eigenvalue weighted by atomic mass is 9.99. The third kappa shape index (κ3) is 4.98. The van der Waals surface area contributed by atoms with Gasteiger partial charge >= 0.3 is 13.6 Å². The van der Waals surface area contributed by atoms with Crippen LogP contribution in [0.3, 0.4) is 0 Å². The maximum Gasteiger partial charge on any atom is 0.373 e. The van der Waals surface area contributed by atoms with Crippen LogP contribution in [0.5, 0.6) is 6.01 Å². The summed E-state index contributed by atoms with van der Waals surface area (Å²) in [6.45, 7) is 5.06. The van der Waals surface area contributed by atoms with Gasteiger partial charge in [0.25, 0.3) is 5.08 Å². The van der Waals surface area contributed by atoms with Crippen LogP contribution >= 0.6 is 16.1 Å². The molecule has 2 aromatic heterocycles. The maximum absolute atomic E-state index is 11.6. The number of nitrogens with zero attached hydrogens (tertiary/aromatic N) is 4. The van der Waals surface area contributed by atoms with E-state index in [4.69, 9.17) is 4.74 Å². The number of ether oxygens (including phenoxy) is 1. The molecule has 14 heteroatoms. The first-order chi connectivity index (χ1) is 16.2. The molecule has 1 aliphatic rings. The topological polar surface area (TPSA) is 172 Å². The Kier molecular flexibility index (Phi) is 7.28. The largest absolute Gasteiger partial charge is 0.463 e. The van der Waals surface area contributed by atoms with Crippen molar-refractivity contribution in [2.45, 2.75) is 31.4 Å². The monoisotopic (exact) mass is 508 g/mol. The van der Waals surface area contributed by atoms with E-state index in [1.54, 1.807) is 6.33 Å². The van der Waals surface area contributed by atoms with Gasteiger partial charge in [0, 0.05) is 17.8 Å². The molecule has 0 saturated carbocycles. The first kappa shape index (κ1) is 24.7. The average Bonchev–Trinajstić information content (AvgIpc) is 3.26. The zero-order valence-electron chi connectivity index (χ0n) is 18.5. The van der Waals surface area contributed by atoms with Crippen LogP contribution in [0.1, 0.15) is 25.3 Å². The van der Waals surface area contributed by atoms with Crippen molar-refractivity contribution in [2.75, 3.05) is 25.0 Å². The van der Waals surface area contributed by atoms with Gasteiger partial charge in [-0.25, -0.2) is 4.98 Å². The Morgan fingerprint density at radius 2 is 1.97 bits per heavy atom. The summed E-state index contributed by atoms with van der Waals surface area (Å²) in [7, 11) is -6.20. The van der Waals surface area contributed by atoms with E-state index in [9.17, 15) is 24.0 Å². The molecule has 1 atom stereocenters. The van der Waals surface area contributed by atoms with Crippen LogP contribution in [-0.4, -0.2) is 54.1 Å². The smallest absolute Gasteiger partial charge is 0.373 e. The highest BCUT2D eigenvalue weighted by Crippen LogP contribution is 2.61. The Labute approximate surface area is 197 Å². The first-order valence-corrected chi connectivity index (χ1v) is 13.2. The molecule has 0 spiro atoms. The lowest BCUT2D eigenvalue weighted by molar-refractivity contribution is 0.168. The highest BCUT2D eigenvalue weighted by Gasteiger charge is 2.48. The van der Waals surface area contributed by atoms with Crippen LogP contribution in [0, 0.1) is 5.92 Å². The maximum atomic E-state index is 11.6. The molecule has 3 aromatic rings. The summed E-state index contributed by atoms with van der Waals surface area (Å²) in [6, 6.07) is 5.76. The lowest BCUT2D eigenvalue weighted by Crippen LogP contribution is -2.30. The number of hydrogen-bond acceptors (Lipinski definition) is 9. The van der Waals surface area contributed by atoms with Crippen molar-refractivity contribution in [3.8, 4) is 6.01 Å². The molecule has 1 aliphatic heterocycles. The standard InChI is InChI=1S/C20H26N6O6P2/c1-2-26-12-22-16-17(24-19(25-18(16)26)32-11-13-7-9-21-10-8-13)23-15-5-3-14(4-6-15)20(27,33-28)34(29,30)31/h3-6,12-13,21,27H,2,7-11H2,1H3,(H,23,24,25)(H2,29,30,31). The summed E-state index contributed by atoms with van der Waals surface area (Å²) in [5, 5.41) is 13.9. The molecule has 1 unspecified atom stereocenters. The number of aryl methyl sites for hydroxylation is 1. The Hall–Kier alpha value is -2.46. The number of piperidine rings is 1. The summed E-state index contributed by atoms with van der Waals surface area (Å²) in [6.07, 6.45) is 3.71. The second kappa shape index (κ2) is 10.0. The first-order valence-electron chi connectivity index (χ1n) is 10.8. The van der Waals surface area contributed by atoms with Crippen LogP contribution in [-0.2, 0) is 20.8 Å². The second-order valence-electron chi connectivity index (χ2n) is 8.04. The quantitative estimate of drug-likeness (QED) is 0.269. The van der Waals surface area contributed by atoms with E-state index in [1.807, 2.05) is 11.5 Å². The van der Waals surface area contributed by atoms with Crippen LogP contribution in [0.15, 0.2) is 30.6 Å². The number of benzene rings is 1. The number of fused-ring (bicyclic) bond motifs is 1. The Bertz CT molecular complexity index is 1210. The summed E-state index contributed by atoms with van der Waals surface area (Å²) in [5.41, 5.74) is 1.47. The normalized spacial score (nSPS) is 17.1. The van der Waals surface area contributed by atoms with Crippen molar-refractivity contribution >= 4 is 38.7 Å². The number of anilines is 2. The molecule has 12 nitrogen and oxygen atoms in total. The van der Waals surface area contributed by atoms with Gasteiger partial charge in [-0.1, -0.05) is 12.1 Å². The van der Waals surface area contributed by atoms with Crippen LogP contribution in [0.2, 0.25) is 0 Å². The summed E-state index contributed by atoms with van der Waals surface area (Å²) in [5.74, 6) is 0.825. The fraction of sp³-hybridized carbons (Fsp3) is 0.450. The summed E-state index contributed by atoms with van der Waals surface area (Å²) >= 11 is 0. The van der Waals surface area contributed by atoms with E-state index >= 15 is 0 Å². The molecule has 34 heavy (non-hydrogen) atoms. The minimum Gasteiger partial charge on any atom is -0.463 e. The summed E-state index contributed by atoms with van der Waals surface area (Å²) < 4.78 is 30.8. The number of aliphatic hydroxyl groups is 1. The van der Waals surface area contributed by atoms with Crippen molar-refractivity contribution in [2.24, 2.45) is 5.92 Å². The molecule has 4 rings (SSSR count). The molecular weight excluding hydrogens is 482 g/mol. The van der Waals surface area contributed by atoms with Gasteiger partial charge in [-0.05, 0) is 50.9 Å². The molecule has 1 aromatic carbocycles. The number of imidazole rings is 1. The highest BCUT2D eigenvalue weighted by atomic mass is 31.2. The van der Waals surface area contributed by atoms with Crippen LogP contribution in [0.25, 0.3) is 11.2 Å². The van der Waals surface area contributed by atoms with Gasteiger partial charge in [0.15, 0.2) is 17.0 Å². The molecule has 5 N–H and O–H groups in total. The molecule has 0 radical (unpaired) electrons. The van der Waals surface area contributed by atoms with Gasteiger partial charge in [-0.2, -0.15) is 9.97 Å². The zero-order valence-corrected chi connectivity index (χ0v) is 20.2. The van der Waals surface area contributed by atoms with Crippen molar-refractivity contribution < 1.29 is 28.8 Å². The fourth-order valence-electron chi connectivity index (χ4n) is 3.74. The molecule has 0 aliphatic carbocycles. The highest BCUT2D eigenvalue weighted by molar-refractivity contribution is 7.62. The Balaban J connectivity index is 1.61. The minimum atomic E-state index is -5.09. The SMILES string of the molecule is CCn1cnc2c(Nc3ccc(C(O)(P=O)P(=O)(O)O)cc3)nc(OCC3CCNCC3)nc21. The predicted octanol–water partition coefficient (Wildman–Crippen LogP) is 2.54. The molecule has 182 valence electrons. The van der Waals surface area contributed by atoms with Crippen molar-refractivity contribution in [3.63, 3.8) is 0 Å². The van der Waals surface area contributed by atoms with Gasteiger partial charge in [0.05, 0.1) is 12.9 Å². The molecular formula is C20H26N6O6P2.